The van der Waals surface area contributed by atoms with Crippen LogP contribution in [-0.4, -0.2) is 19.2 Å². The fraction of sp³-hybridized carbons (Fsp3) is 0.682. The van der Waals surface area contributed by atoms with Crippen molar-refractivity contribution in [2.45, 2.75) is 65.9 Å². The Kier molecular flexibility index (Phi) is 7.95. The van der Waals surface area contributed by atoms with Crippen molar-refractivity contribution in [3.63, 3.8) is 0 Å². The lowest BCUT2D eigenvalue weighted by atomic mass is 9.67. The molecule has 0 spiro atoms. The summed E-state index contributed by atoms with van der Waals surface area (Å²) in [6, 6.07) is 10.2. The Morgan fingerprint density at radius 3 is 2.56 bits per heavy atom. The smallest absolute Gasteiger partial charge is 0.306 e. The van der Waals surface area contributed by atoms with E-state index in [4.69, 9.17) is 9.47 Å². The SMILES string of the molecule is CC1CC(CC(=O)OCCCCOCc2ccccc2)CC(C)(C)C1. The van der Waals surface area contributed by atoms with Gasteiger partial charge in [0.2, 0.25) is 0 Å². The maximum absolute atomic E-state index is 12.0. The first-order chi connectivity index (χ1) is 11.9. The van der Waals surface area contributed by atoms with E-state index < -0.39 is 0 Å². The molecule has 1 aromatic rings. The minimum Gasteiger partial charge on any atom is -0.466 e. The summed E-state index contributed by atoms with van der Waals surface area (Å²) in [7, 11) is 0. The number of benzene rings is 1. The fourth-order valence-corrected chi connectivity index (χ4v) is 4.25. The second kappa shape index (κ2) is 9.96. The van der Waals surface area contributed by atoms with Crippen molar-refractivity contribution in [2.24, 2.45) is 17.3 Å². The Morgan fingerprint density at radius 2 is 1.84 bits per heavy atom. The van der Waals surface area contributed by atoms with Crippen LogP contribution < -0.4 is 0 Å². The van der Waals surface area contributed by atoms with Crippen LogP contribution in [0.25, 0.3) is 0 Å². The van der Waals surface area contributed by atoms with Crippen LogP contribution in [0.3, 0.4) is 0 Å². The molecule has 0 heterocycles. The number of ether oxygens (including phenoxy) is 2. The number of carbonyl (C=O) groups is 1. The normalized spacial score (nSPS) is 22.5. The maximum Gasteiger partial charge on any atom is 0.306 e. The summed E-state index contributed by atoms with van der Waals surface area (Å²) in [6.45, 7) is 8.80. The average Bonchev–Trinajstić information content (AvgIpc) is 2.53. The van der Waals surface area contributed by atoms with Crippen LogP contribution in [0, 0.1) is 17.3 Å². The van der Waals surface area contributed by atoms with Gasteiger partial charge in [-0.2, -0.15) is 0 Å². The Labute approximate surface area is 153 Å². The van der Waals surface area contributed by atoms with E-state index >= 15 is 0 Å². The van der Waals surface area contributed by atoms with Crippen LogP contribution in [0.5, 0.6) is 0 Å². The lowest BCUT2D eigenvalue weighted by Gasteiger charge is -2.38. The van der Waals surface area contributed by atoms with Gasteiger partial charge in [0, 0.05) is 13.0 Å². The van der Waals surface area contributed by atoms with Gasteiger partial charge in [0.05, 0.1) is 13.2 Å². The second-order valence-corrected chi connectivity index (χ2v) is 8.45. The number of rotatable bonds is 9. The molecule has 0 radical (unpaired) electrons. The minimum absolute atomic E-state index is 0.0277. The second-order valence-electron chi connectivity index (χ2n) is 8.45. The molecule has 0 aliphatic heterocycles. The molecule has 0 bridgehead atoms. The topological polar surface area (TPSA) is 35.5 Å². The van der Waals surface area contributed by atoms with Crippen molar-refractivity contribution in [3.05, 3.63) is 35.9 Å². The molecule has 0 N–H and O–H groups in total. The molecule has 0 aromatic heterocycles. The van der Waals surface area contributed by atoms with Crippen molar-refractivity contribution in [2.75, 3.05) is 13.2 Å². The van der Waals surface area contributed by atoms with E-state index in [1.165, 1.54) is 12.0 Å². The minimum atomic E-state index is -0.0277. The molecule has 25 heavy (non-hydrogen) atoms. The average molecular weight is 347 g/mol. The molecule has 1 aliphatic rings. The molecule has 3 heteroatoms. The van der Waals surface area contributed by atoms with Crippen LogP contribution in [0.4, 0.5) is 0 Å². The quantitative estimate of drug-likeness (QED) is 0.445. The number of esters is 1. The maximum atomic E-state index is 12.0. The summed E-state index contributed by atoms with van der Waals surface area (Å²) in [5.74, 6) is 1.17. The van der Waals surface area contributed by atoms with E-state index in [2.05, 4.69) is 32.9 Å². The highest BCUT2D eigenvalue weighted by molar-refractivity contribution is 5.69. The third-order valence-corrected chi connectivity index (χ3v) is 4.99. The molecule has 1 saturated carbocycles. The van der Waals surface area contributed by atoms with Gasteiger partial charge < -0.3 is 9.47 Å². The predicted molar refractivity (Wildman–Crippen MR) is 101 cm³/mol. The van der Waals surface area contributed by atoms with E-state index in [0.29, 0.717) is 43.5 Å². The van der Waals surface area contributed by atoms with Crippen molar-refractivity contribution in [1.82, 2.24) is 0 Å². The van der Waals surface area contributed by atoms with Crippen molar-refractivity contribution in [1.29, 1.82) is 0 Å². The van der Waals surface area contributed by atoms with Crippen LogP contribution in [0.1, 0.15) is 64.9 Å². The first-order valence-electron chi connectivity index (χ1n) is 9.72. The molecule has 3 nitrogen and oxygen atoms in total. The Hall–Kier alpha value is -1.35. The lowest BCUT2D eigenvalue weighted by Crippen LogP contribution is -2.29. The van der Waals surface area contributed by atoms with Gasteiger partial charge in [0.25, 0.3) is 0 Å². The monoisotopic (exact) mass is 346 g/mol. The summed E-state index contributed by atoms with van der Waals surface area (Å²) in [6.07, 6.45) is 5.94. The molecule has 2 unspecified atom stereocenters. The van der Waals surface area contributed by atoms with Gasteiger partial charge in [-0.05, 0) is 54.9 Å². The molecule has 2 rings (SSSR count). The summed E-state index contributed by atoms with van der Waals surface area (Å²) in [5, 5.41) is 0. The Bertz CT molecular complexity index is 509. The van der Waals surface area contributed by atoms with Crippen LogP contribution in [0.2, 0.25) is 0 Å². The van der Waals surface area contributed by atoms with Gasteiger partial charge in [-0.1, -0.05) is 51.1 Å². The summed E-state index contributed by atoms with van der Waals surface area (Å²) < 4.78 is 11.1. The lowest BCUT2D eigenvalue weighted by molar-refractivity contribution is -0.145. The summed E-state index contributed by atoms with van der Waals surface area (Å²) >= 11 is 0. The molecule has 1 aromatic carbocycles. The van der Waals surface area contributed by atoms with Gasteiger partial charge in [0.1, 0.15) is 0 Å². The highest BCUT2D eigenvalue weighted by Crippen LogP contribution is 2.42. The van der Waals surface area contributed by atoms with E-state index in [0.717, 1.165) is 25.7 Å². The van der Waals surface area contributed by atoms with Gasteiger partial charge in [0.15, 0.2) is 0 Å². The van der Waals surface area contributed by atoms with Gasteiger partial charge in [-0.25, -0.2) is 0 Å². The number of carbonyl (C=O) groups excluding carboxylic acids is 1. The molecule has 2 atom stereocenters. The third-order valence-electron chi connectivity index (χ3n) is 4.99. The van der Waals surface area contributed by atoms with E-state index in [1.807, 2.05) is 18.2 Å². The highest BCUT2D eigenvalue weighted by Gasteiger charge is 2.33. The van der Waals surface area contributed by atoms with Crippen LogP contribution in [0.15, 0.2) is 30.3 Å². The first-order valence-corrected chi connectivity index (χ1v) is 9.72. The molecule has 140 valence electrons. The fourth-order valence-electron chi connectivity index (χ4n) is 4.25. The zero-order valence-electron chi connectivity index (χ0n) is 16.1. The molecule has 0 amide bonds. The largest absolute Gasteiger partial charge is 0.466 e. The molecule has 0 saturated heterocycles. The zero-order chi connectivity index (χ0) is 18.1. The van der Waals surface area contributed by atoms with Gasteiger partial charge in [-0.15, -0.1) is 0 Å². The van der Waals surface area contributed by atoms with E-state index in [1.54, 1.807) is 0 Å². The standard InChI is InChI=1S/C22H34O3/c1-18-13-20(16-22(2,3)15-18)14-21(23)25-12-8-7-11-24-17-19-9-5-4-6-10-19/h4-6,9-10,18,20H,7-8,11-17H2,1-3H3. The molecular weight excluding hydrogens is 312 g/mol. The summed E-state index contributed by atoms with van der Waals surface area (Å²) in [5.41, 5.74) is 1.55. The zero-order valence-corrected chi connectivity index (χ0v) is 16.1. The van der Waals surface area contributed by atoms with Crippen LogP contribution >= 0.6 is 0 Å². The molecule has 1 fully saturated rings. The van der Waals surface area contributed by atoms with E-state index in [-0.39, 0.29) is 5.97 Å². The molecule has 1 aliphatic carbocycles. The van der Waals surface area contributed by atoms with Gasteiger partial charge >= 0.3 is 5.97 Å². The number of hydrogen-bond donors (Lipinski definition) is 0. The summed E-state index contributed by atoms with van der Waals surface area (Å²) in [4.78, 5) is 12.0. The molecular formula is C22H34O3. The Balaban J connectivity index is 1.51. The van der Waals surface area contributed by atoms with Crippen molar-refractivity contribution < 1.29 is 14.3 Å². The number of unbranched alkanes of at least 4 members (excludes halogenated alkanes) is 1. The van der Waals surface area contributed by atoms with E-state index in [9.17, 15) is 4.79 Å². The van der Waals surface area contributed by atoms with Crippen LogP contribution in [-0.2, 0) is 20.9 Å². The van der Waals surface area contributed by atoms with Crippen molar-refractivity contribution >= 4 is 5.97 Å². The first kappa shape index (κ1) is 20.0. The van der Waals surface area contributed by atoms with Crippen molar-refractivity contribution in [3.8, 4) is 0 Å². The highest BCUT2D eigenvalue weighted by atomic mass is 16.5. The van der Waals surface area contributed by atoms with Gasteiger partial charge in [-0.3, -0.25) is 4.79 Å². The predicted octanol–water partition coefficient (Wildman–Crippen LogP) is 5.38. The Morgan fingerprint density at radius 1 is 1.12 bits per heavy atom. The third kappa shape index (κ3) is 8.04. The number of hydrogen-bond acceptors (Lipinski definition) is 3.